The van der Waals surface area contributed by atoms with Crippen molar-refractivity contribution in [2.45, 2.75) is 51.0 Å². The minimum atomic E-state index is -0.0958. The Hall–Kier alpha value is -2.89. The van der Waals surface area contributed by atoms with E-state index in [0.29, 0.717) is 17.0 Å². The topological polar surface area (TPSA) is 54.3 Å². The lowest BCUT2D eigenvalue weighted by atomic mass is 10.0. The number of aromatic nitrogens is 1. The van der Waals surface area contributed by atoms with Gasteiger partial charge in [0.15, 0.2) is 0 Å². The number of phenols is 1. The lowest BCUT2D eigenvalue weighted by Crippen LogP contribution is -2.26. The van der Waals surface area contributed by atoms with Gasteiger partial charge in [-0.05, 0) is 73.0 Å². The molecule has 0 fully saturated rings. The van der Waals surface area contributed by atoms with Gasteiger partial charge < -0.3 is 15.0 Å². The first-order valence-electron chi connectivity index (χ1n) is 12.4. The molecule has 1 amide bonds. The fourth-order valence-corrected chi connectivity index (χ4v) is 5.64. The summed E-state index contributed by atoms with van der Waals surface area (Å²) in [7, 11) is 2.01. The van der Waals surface area contributed by atoms with Crippen molar-refractivity contribution in [2.75, 3.05) is 5.75 Å². The summed E-state index contributed by atoms with van der Waals surface area (Å²) in [5.41, 5.74) is 5.82. The summed E-state index contributed by atoms with van der Waals surface area (Å²) in [6.45, 7) is 6.29. The van der Waals surface area contributed by atoms with Crippen molar-refractivity contribution in [2.24, 2.45) is 7.05 Å². The number of nitrogens with zero attached hydrogens (tertiary/aromatic N) is 1. The van der Waals surface area contributed by atoms with Crippen LogP contribution < -0.4 is 5.32 Å². The van der Waals surface area contributed by atoms with Crippen molar-refractivity contribution in [1.82, 2.24) is 9.88 Å². The number of fused-ring (bicyclic) bond motifs is 1. The highest BCUT2D eigenvalue weighted by molar-refractivity contribution is 7.99. The van der Waals surface area contributed by atoms with Crippen molar-refractivity contribution in [3.05, 3.63) is 93.6 Å². The van der Waals surface area contributed by atoms with Crippen molar-refractivity contribution in [3.63, 3.8) is 0 Å². The van der Waals surface area contributed by atoms with Crippen molar-refractivity contribution in [3.8, 4) is 5.75 Å². The molecule has 0 saturated heterocycles. The zero-order valence-electron chi connectivity index (χ0n) is 21.3. The molecule has 0 radical (unpaired) electrons. The van der Waals surface area contributed by atoms with Gasteiger partial charge in [0.05, 0.1) is 11.1 Å². The van der Waals surface area contributed by atoms with Gasteiger partial charge in [0.2, 0.25) is 0 Å². The standard InChI is InChI=1S/C30H33ClN2O2S/c1-5-6-16-36-24-13-10-21(11-14-24)19(2)32-30(35)23-12-15-25-26(20(3)33(4)27(25)18-23)17-22-8-7-9-28(34)29(22)31/h7-15,18-19,34H,5-6,16-17H2,1-4H3,(H,32,35)/t19-/m0/s1. The van der Waals surface area contributed by atoms with E-state index in [4.69, 9.17) is 11.6 Å². The average Bonchev–Trinajstić information content (AvgIpc) is 3.11. The zero-order chi connectivity index (χ0) is 25.8. The molecule has 4 rings (SSSR count). The van der Waals surface area contributed by atoms with Crippen molar-refractivity contribution < 1.29 is 9.90 Å². The van der Waals surface area contributed by atoms with Crippen LogP contribution in [0.5, 0.6) is 5.75 Å². The van der Waals surface area contributed by atoms with Crippen LogP contribution in [0.25, 0.3) is 10.9 Å². The Bertz CT molecular complexity index is 1380. The molecule has 6 heteroatoms. The number of aromatic hydroxyl groups is 1. The van der Waals surface area contributed by atoms with E-state index < -0.39 is 0 Å². The van der Waals surface area contributed by atoms with Crippen molar-refractivity contribution in [1.29, 1.82) is 0 Å². The zero-order valence-corrected chi connectivity index (χ0v) is 22.8. The molecule has 1 heterocycles. The molecule has 2 N–H and O–H groups in total. The molecule has 0 aliphatic rings. The molecule has 0 saturated carbocycles. The lowest BCUT2D eigenvalue weighted by Gasteiger charge is -2.15. The summed E-state index contributed by atoms with van der Waals surface area (Å²) in [4.78, 5) is 14.4. The highest BCUT2D eigenvalue weighted by Crippen LogP contribution is 2.33. The van der Waals surface area contributed by atoms with Crippen LogP contribution in [0, 0.1) is 6.92 Å². The third kappa shape index (κ3) is 5.58. The fourth-order valence-electron chi connectivity index (χ4n) is 4.45. The maximum Gasteiger partial charge on any atom is 0.251 e. The second kappa shape index (κ2) is 11.4. The molecule has 1 atom stereocenters. The Balaban J connectivity index is 1.51. The number of phenolic OH excluding ortho intramolecular Hbond substituents is 1. The molecule has 0 aliphatic heterocycles. The number of hydrogen-bond donors (Lipinski definition) is 2. The third-order valence-electron chi connectivity index (χ3n) is 6.81. The van der Waals surface area contributed by atoms with Crippen LogP contribution in [0.15, 0.2) is 65.6 Å². The van der Waals surface area contributed by atoms with Crippen LogP contribution in [0.1, 0.15) is 65.5 Å². The van der Waals surface area contributed by atoms with E-state index in [1.54, 1.807) is 12.1 Å². The summed E-state index contributed by atoms with van der Waals surface area (Å²) >= 11 is 8.22. The molecule has 188 valence electrons. The lowest BCUT2D eigenvalue weighted by molar-refractivity contribution is 0.0940. The number of carbonyl (C=O) groups is 1. The average molecular weight is 521 g/mol. The van der Waals surface area contributed by atoms with E-state index in [0.717, 1.165) is 39.0 Å². The van der Waals surface area contributed by atoms with Gasteiger partial charge in [-0.1, -0.05) is 55.3 Å². The largest absolute Gasteiger partial charge is 0.506 e. The van der Waals surface area contributed by atoms with E-state index >= 15 is 0 Å². The van der Waals surface area contributed by atoms with Crippen LogP contribution in [-0.2, 0) is 13.5 Å². The molecule has 0 bridgehead atoms. The van der Waals surface area contributed by atoms with Gasteiger partial charge in [0, 0.05) is 40.5 Å². The number of hydrogen-bond acceptors (Lipinski definition) is 3. The molecule has 0 unspecified atom stereocenters. The minimum absolute atomic E-state index is 0.0880. The fraction of sp³-hybridized carbons (Fsp3) is 0.300. The van der Waals surface area contributed by atoms with Gasteiger partial charge in [-0.2, -0.15) is 0 Å². The molecule has 4 aromatic rings. The van der Waals surface area contributed by atoms with Crippen LogP contribution in [-0.4, -0.2) is 21.3 Å². The molecule has 0 spiro atoms. The highest BCUT2D eigenvalue weighted by Gasteiger charge is 2.18. The summed E-state index contributed by atoms with van der Waals surface area (Å²) in [6.07, 6.45) is 3.02. The molecule has 0 aliphatic carbocycles. The summed E-state index contributed by atoms with van der Waals surface area (Å²) < 4.78 is 2.11. The minimum Gasteiger partial charge on any atom is -0.506 e. The van der Waals surface area contributed by atoms with Gasteiger partial charge in [0.25, 0.3) is 5.91 Å². The SMILES string of the molecule is CCCCSc1ccc([C@H](C)NC(=O)c2ccc3c(Cc4cccc(O)c4Cl)c(C)n(C)c3c2)cc1. The predicted molar refractivity (Wildman–Crippen MR) is 152 cm³/mol. The van der Waals surface area contributed by atoms with E-state index in [9.17, 15) is 9.90 Å². The van der Waals surface area contributed by atoms with Crippen LogP contribution in [0.3, 0.4) is 0 Å². The second-order valence-electron chi connectivity index (χ2n) is 9.25. The van der Waals surface area contributed by atoms with Crippen LogP contribution >= 0.6 is 23.4 Å². The molecule has 3 aromatic carbocycles. The van der Waals surface area contributed by atoms with E-state index in [1.807, 2.05) is 50.0 Å². The number of nitrogens with one attached hydrogen (secondary N) is 1. The van der Waals surface area contributed by atoms with E-state index in [1.165, 1.54) is 17.7 Å². The first-order valence-corrected chi connectivity index (χ1v) is 13.7. The summed E-state index contributed by atoms with van der Waals surface area (Å²) in [6, 6.07) is 19.5. The smallest absolute Gasteiger partial charge is 0.251 e. The number of halogens is 1. The third-order valence-corrected chi connectivity index (χ3v) is 8.34. The van der Waals surface area contributed by atoms with Crippen molar-refractivity contribution >= 4 is 40.2 Å². The first kappa shape index (κ1) is 26.2. The number of benzene rings is 3. The van der Waals surface area contributed by atoms with Gasteiger partial charge in [0.1, 0.15) is 5.75 Å². The maximum absolute atomic E-state index is 13.1. The Morgan fingerprint density at radius 1 is 1.14 bits per heavy atom. The molecule has 1 aromatic heterocycles. The summed E-state index contributed by atoms with van der Waals surface area (Å²) in [5, 5.41) is 14.6. The van der Waals surface area contributed by atoms with E-state index in [-0.39, 0.29) is 17.7 Å². The normalized spacial score (nSPS) is 12.1. The highest BCUT2D eigenvalue weighted by atomic mass is 35.5. The predicted octanol–water partition coefficient (Wildman–Crippen LogP) is 7.82. The first-order chi connectivity index (χ1) is 17.3. The monoisotopic (exact) mass is 520 g/mol. The second-order valence-corrected chi connectivity index (χ2v) is 10.8. The quantitative estimate of drug-likeness (QED) is 0.175. The van der Waals surface area contributed by atoms with Crippen LogP contribution in [0.4, 0.5) is 0 Å². The number of thioether (sulfide) groups is 1. The van der Waals surface area contributed by atoms with E-state index in [2.05, 4.69) is 48.0 Å². The van der Waals surface area contributed by atoms with Gasteiger partial charge >= 0.3 is 0 Å². The Morgan fingerprint density at radius 3 is 2.61 bits per heavy atom. The summed E-state index contributed by atoms with van der Waals surface area (Å²) in [5.74, 6) is 1.12. The number of amides is 1. The molecular formula is C30H33ClN2O2S. The van der Waals surface area contributed by atoms with Gasteiger partial charge in [-0.15, -0.1) is 11.8 Å². The van der Waals surface area contributed by atoms with Crippen LogP contribution in [0.2, 0.25) is 5.02 Å². The maximum atomic E-state index is 13.1. The number of carbonyl (C=O) groups excluding carboxylic acids is 1. The van der Waals surface area contributed by atoms with Gasteiger partial charge in [-0.25, -0.2) is 0 Å². The Labute approximate surface area is 222 Å². The molecular weight excluding hydrogens is 488 g/mol. The molecule has 36 heavy (non-hydrogen) atoms. The molecule has 4 nitrogen and oxygen atoms in total. The Kier molecular flexibility index (Phi) is 8.32. The number of rotatable bonds is 9. The number of unbranched alkanes of at least 4 members (excludes halogenated alkanes) is 1. The van der Waals surface area contributed by atoms with Gasteiger partial charge in [-0.3, -0.25) is 4.79 Å². The Morgan fingerprint density at radius 2 is 1.89 bits per heavy atom. The number of aryl methyl sites for hydroxylation is 1.